The van der Waals surface area contributed by atoms with Crippen LogP contribution in [-0.4, -0.2) is 23.6 Å². The number of halogens is 2. The fraction of sp³-hybridized carbons (Fsp3) is 0.333. The third kappa shape index (κ3) is 3.95. The first kappa shape index (κ1) is 15.3. The van der Waals surface area contributed by atoms with E-state index in [0.717, 1.165) is 25.1 Å². The van der Waals surface area contributed by atoms with Gasteiger partial charge in [-0.1, -0.05) is 6.92 Å². The van der Waals surface area contributed by atoms with Gasteiger partial charge in [-0.25, -0.2) is 18.7 Å². The van der Waals surface area contributed by atoms with Crippen LogP contribution in [0.2, 0.25) is 0 Å². The van der Waals surface area contributed by atoms with Crippen LogP contribution >= 0.6 is 0 Å². The summed E-state index contributed by atoms with van der Waals surface area (Å²) < 4.78 is 31.4. The molecule has 0 amide bonds. The zero-order valence-corrected chi connectivity index (χ0v) is 12.0. The van der Waals surface area contributed by atoms with Gasteiger partial charge in [0.05, 0.1) is 5.69 Å². The smallest absolute Gasteiger partial charge is 0.159 e. The topological polar surface area (TPSA) is 47.0 Å². The van der Waals surface area contributed by atoms with Gasteiger partial charge >= 0.3 is 0 Å². The highest BCUT2D eigenvalue weighted by Crippen LogP contribution is 2.22. The molecule has 2 rings (SSSR count). The van der Waals surface area contributed by atoms with Gasteiger partial charge in [0.15, 0.2) is 17.5 Å². The molecule has 0 unspecified atom stereocenters. The van der Waals surface area contributed by atoms with Gasteiger partial charge in [-0.3, -0.25) is 0 Å². The van der Waals surface area contributed by atoms with Crippen molar-refractivity contribution in [3.05, 3.63) is 41.7 Å². The summed E-state index contributed by atoms with van der Waals surface area (Å²) in [6.45, 7) is 3.06. The summed E-state index contributed by atoms with van der Waals surface area (Å²) in [7, 11) is 1.55. The van der Waals surface area contributed by atoms with Crippen molar-refractivity contribution < 1.29 is 13.5 Å². The molecule has 4 nitrogen and oxygen atoms in total. The third-order valence-electron chi connectivity index (χ3n) is 2.82. The van der Waals surface area contributed by atoms with Crippen LogP contribution in [0.25, 0.3) is 11.3 Å². The molecule has 0 bridgehead atoms. The molecule has 0 aliphatic heterocycles. The Morgan fingerprint density at radius 2 is 1.95 bits per heavy atom. The van der Waals surface area contributed by atoms with E-state index < -0.39 is 11.6 Å². The minimum Gasteiger partial charge on any atom is -0.377 e. The second-order valence-electron chi connectivity index (χ2n) is 4.54. The van der Waals surface area contributed by atoms with E-state index in [2.05, 4.69) is 15.3 Å². The Hall–Kier alpha value is -2.08. The van der Waals surface area contributed by atoms with Crippen LogP contribution in [0.4, 0.5) is 14.6 Å². The predicted molar refractivity (Wildman–Crippen MR) is 76.9 cm³/mol. The van der Waals surface area contributed by atoms with Crippen LogP contribution in [0.5, 0.6) is 0 Å². The van der Waals surface area contributed by atoms with E-state index in [9.17, 15) is 8.78 Å². The minimum absolute atomic E-state index is 0.248. The summed E-state index contributed by atoms with van der Waals surface area (Å²) >= 11 is 0. The summed E-state index contributed by atoms with van der Waals surface area (Å²) in [4.78, 5) is 8.62. The SMILES string of the molecule is CCCNc1cc(-c2ccc(F)c(F)c2)nc(COC)n1. The second-order valence-corrected chi connectivity index (χ2v) is 4.54. The maximum absolute atomic E-state index is 13.4. The van der Waals surface area contributed by atoms with E-state index in [4.69, 9.17) is 4.74 Å². The molecular formula is C15H17F2N3O. The lowest BCUT2D eigenvalue weighted by molar-refractivity contribution is 0.178. The van der Waals surface area contributed by atoms with Crippen LogP contribution in [-0.2, 0) is 11.3 Å². The lowest BCUT2D eigenvalue weighted by Gasteiger charge is -2.09. The van der Waals surface area contributed by atoms with E-state index in [1.807, 2.05) is 6.92 Å². The van der Waals surface area contributed by atoms with Crippen molar-refractivity contribution in [2.24, 2.45) is 0 Å². The van der Waals surface area contributed by atoms with E-state index in [-0.39, 0.29) is 6.61 Å². The molecule has 6 heteroatoms. The summed E-state index contributed by atoms with van der Waals surface area (Å²) in [5.41, 5.74) is 1.02. The number of methoxy groups -OCH3 is 1. The number of aromatic nitrogens is 2. The molecular weight excluding hydrogens is 276 g/mol. The molecule has 0 atom stereocenters. The molecule has 0 spiro atoms. The highest BCUT2D eigenvalue weighted by Gasteiger charge is 2.09. The number of ether oxygens (including phenoxy) is 1. The van der Waals surface area contributed by atoms with E-state index in [1.165, 1.54) is 6.07 Å². The van der Waals surface area contributed by atoms with E-state index >= 15 is 0 Å². The van der Waals surface area contributed by atoms with Gasteiger partial charge in [-0.2, -0.15) is 0 Å². The molecule has 1 heterocycles. The highest BCUT2D eigenvalue weighted by molar-refractivity contribution is 5.62. The first-order valence-electron chi connectivity index (χ1n) is 6.70. The monoisotopic (exact) mass is 293 g/mol. The van der Waals surface area contributed by atoms with Crippen molar-refractivity contribution in [2.45, 2.75) is 20.0 Å². The Bertz CT molecular complexity index is 620. The number of hydrogen-bond donors (Lipinski definition) is 1. The van der Waals surface area contributed by atoms with Gasteiger partial charge in [-0.05, 0) is 24.6 Å². The normalized spacial score (nSPS) is 10.7. The van der Waals surface area contributed by atoms with Gasteiger partial charge in [0.25, 0.3) is 0 Å². The van der Waals surface area contributed by atoms with Gasteiger partial charge < -0.3 is 10.1 Å². The average Bonchev–Trinajstić information content (AvgIpc) is 2.48. The Kier molecular flexibility index (Phi) is 5.16. The van der Waals surface area contributed by atoms with Gasteiger partial charge in [0.2, 0.25) is 0 Å². The Balaban J connectivity index is 2.40. The Morgan fingerprint density at radius 3 is 2.62 bits per heavy atom. The Labute approximate surface area is 122 Å². The van der Waals surface area contributed by atoms with Crippen molar-refractivity contribution in [1.82, 2.24) is 9.97 Å². The van der Waals surface area contributed by atoms with Gasteiger partial charge in [0, 0.05) is 25.3 Å². The number of nitrogens with one attached hydrogen (secondary N) is 1. The Morgan fingerprint density at radius 1 is 1.14 bits per heavy atom. The number of hydrogen-bond acceptors (Lipinski definition) is 4. The zero-order chi connectivity index (χ0) is 15.2. The second kappa shape index (κ2) is 7.08. The quantitative estimate of drug-likeness (QED) is 0.887. The van der Waals surface area contributed by atoms with Gasteiger partial charge in [0.1, 0.15) is 12.4 Å². The predicted octanol–water partition coefficient (Wildman–Crippen LogP) is 3.39. The first-order chi connectivity index (χ1) is 10.1. The van der Waals surface area contributed by atoms with Crippen molar-refractivity contribution in [3.8, 4) is 11.3 Å². The molecule has 1 N–H and O–H groups in total. The van der Waals surface area contributed by atoms with Crippen molar-refractivity contribution >= 4 is 5.82 Å². The van der Waals surface area contributed by atoms with Crippen LogP contribution in [0, 0.1) is 11.6 Å². The number of benzene rings is 1. The van der Waals surface area contributed by atoms with E-state index in [0.29, 0.717) is 22.9 Å². The summed E-state index contributed by atoms with van der Waals surface area (Å²) in [6.07, 6.45) is 0.949. The molecule has 0 aliphatic carbocycles. The molecule has 21 heavy (non-hydrogen) atoms. The number of anilines is 1. The first-order valence-corrected chi connectivity index (χ1v) is 6.70. The van der Waals surface area contributed by atoms with Crippen LogP contribution in [0.15, 0.2) is 24.3 Å². The van der Waals surface area contributed by atoms with E-state index in [1.54, 1.807) is 13.2 Å². The molecule has 112 valence electrons. The lowest BCUT2D eigenvalue weighted by Crippen LogP contribution is -2.06. The summed E-state index contributed by atoms with van der Waals surface area (Å²) in [6, 6.07) is 5.40. The lowest BCUT2D eigenvalue weighted by atomic mass is 10.1. The third-order valence-corrected chi connectivity index (χ3v) is 2.82. The molecule has 2 aromatic rings. The van der Waals surface area contributed by atoms with Crippen LogP contribution in [0.3, 0.4) is 0 Å². The fourth-order valence-electron chi connectivity index (χ4n) is 1.84. The summed E-state index contributed by atoms with van der Waals surface area (Å²) in [5.74, 6) is -0.659. The number of rotatable bonds is 6. The van der Waals surface area contributed by atoms with Crippen LogP contribution in [0.1, 0.15) is 19.2 Å². The molecule has 0 saturated heterocycles. The standard InChI is InChI=1S/C15H17F2N3O/c1-3-6-18-14-8-13(19-15(20-14)9-21-2)10-4-5-11(16)12(17)7-10/h4-5,7-8H,3,6,9H2,1-2H3,(H,18,19,20). The van der Waals surface area contributed by atoms with Crippen molar-refractivity contribution in [2.75, 3.05) is 19.0 Å². The van der Waals surface area contributed by atoms with Crippen molar-refractivity contribution in [3.63, 3.8) is 0 Å². The molecule has 1 aromatic carbocycles. The molecule has 0 saturated carbocycles. The average molecular weight is 293 g/mol. The largest absolute Gasteiger partial charge is 0.377 e. The molecule has 0 aliphatic rings. The summed E-state index contributed by atoms with van der Waals surface area (Å²) in [5, 5.41) is 3.15. The fourth-order valence-corrected chi connectivity index (χ4v) is 1.84. The zero-order valence-electron chi connectivity index (χ0n) is 12.0. The van der Waals surface area contributed by atoms with Crippen molar-refractivity contribution in [1.29, 1.82) is 0 Å². The maximum atomic E-state index is 13.4. The highest BCUT2D eigenvalue weighted by atomic mass is 19.2. The molecule has 1 aromatic heterocycles. The number of nitrogens with zero attached hydrogens (tertiary/aromatic N) is 2. The maximum Gasteiger partial charge on any atom is 0.159 e. The van der Waals surface area contributed by atoms with Gasteiger partial charge in [-0.15, -0.1) is 0 Å². The molecule has 0 fully saturated rings. The minimum atomic E-state index is -0.900. The molecule has 0 radical (unpaired) electrons. The van der Waals surface area contributed by atoms with Crippen LogP contribution < -0.4 is 5.32 Å².